The highest BCUT2D eigenvalue weighted by Gasteiger charge is 1.99. The van der Waals surface area contributed by atoms with Crippen molar-refractivity contribution in [2.45, 2.75) is 83.7 Å². The van der Waals surface area contributed by atoms with Gasteiger partial charge in [-0.2, -0.15) is 0 Å². The Morgan fingerprint density at radius 3 is 2.52 bits per heavy atom. The lowest BCUT2D eigenvalue weighted by atomic mass is 10.1. The number of aliphatic hydroxyl groups excluding tert-OH is 1. The van der Waals surface area contributed by atoms with Crippen molar-refractivity contribution >= 4 is 5.97 Å². The number of hydrogen-bond acceptors (Lipinski definition) is 2. The number of aliphatic carboxylic acids is 1. The van der Waals surface area contributed by atoms with Crippen LogP contribution < -0.4 is 0 Å². The highest BCUT2D eigenvalue weighted by Crippen LogP contribution is 2.09. The van der Waals surface area contributed by atoms with Crippen molar-refractivity contribution in [3.8, 4) is 11.8 Å². The van der Waals surface area contributed by atoms with Crippen molar-refractivity contribution in [1.29, 1.82) is 0 Å². The first-order valence-corrected chi connectivity index (χ1v) is 8.21. The second kappa shape index (κ2) is 15.1. The van der Waals surface area contributed by atoms with Crippen LogP contribution >= 0.6 is 0 Å². The number of aliphatic hydroxyl groups is 1. The van der Waals surface area contributed by atoms with Crippen LogP contribution in [0.5, 0.6) is 0 Å². The van der Waals surface area contributed by atoms with Gasteiger partial charge in [0.15, 0.2) is 0 Å². The van der Waals surface area contributed by atoms with Gasteiger partial charge in [-0.3, -0.25) is 4.79 Å². The van der Waals surface area contributed by atoms with Gasteiger partial charge in [-0.25, -0.2) is 0 Å². The van der Waals surface area contributed by atoms with Crippen molar-refractivity contribution < 1.29 is 15.0 Å². The average Bonchev–Trinajstić information content (AvgIpc) is 2.45. The lowest BCUT2D eigenvalue weighted by Crippen LogP contribution is -2.01. The van der Waals surface area contributed by atoms with Gasteiger partial charge < -0.3 is 10.2 Å². The molecule has 0 heterocycles. The topological polar surface area (TPSA) is 57.5 Å². The lowest BCUT2D eigenvalue weighted by molar-refractivity contribution is -0.137. The summed E-state index contributed by atoms with van der Waals surface area (Å²) in [6.07, 6.45) is 13.4. The van der Waals surface area contributed by atoms with Crippen molar-refractivity contribution in [3.05, 3.63) is 12.2 Å². The predicted molar refractivity (Wildman–Crippen MR) is 87.0 cm³/mol. The molecule has 0 rings (SSSR count). The maximum atomic E-state index is 10.3. The monoisotopic (exact) mass is 294 g/mol. The zero-order chi connectivity index (χ0) is 15.8. The van der Waals surface area contributed by atoms with Gasteiger partial charge in [0.2, 0.25) is 0 Å². The molecule has 120 valence electrons. The third kappa shape index (κ3) is 16.7. The smallest absolute Gasteiger partial charge is 0.303 e. The minimum atomic E-state index is -0.716. The molecule has 0 aromatic heterocycles. The minimum absolute atomic E-state index is 0.266. The molecule has 0 saturated carbocycles. The van der Waals surface area contributed by atoms with E-state index in [0.29, 0.717) is 0 Å². The summed E-state index contributed by atoms with van der Waals surface area (Å²) in [6.45, 7) is 2.18. The summed E-state index contributed by atoms with van der Waals surface area (Å²) < 4.78 is 0. The Bertz CT molecular complexity index is 336. The SMILES string of the molecule is CCCCCC#C/C=C/[C@H](O)CCCCCCCC(=O)O. The van der Waals surface area contributed by atoms with E-state index in [-0.39, 0.29) is 6.42 Å². The van der Waals surface area contributed by atoms with Crippen LogP contribution in [0.2, 0.25) is 0 Å². The Morgan fingerprint density at radius 2 is 1.81 bits per heavy atom. The van der Waals surface area contributed by atoms with E-state index in [1.54, 1.807) is 12.2 Å². The van der Waals surface area contributed by atoms with Crippen LogP contribution in [0.15, 0.2) is 12.2 Å². The first-order valence-electron chi connectivity index (χ1n) is 8.21. The van der Waals surface area contributed by atoms with Crippen molar-refractivity contribution in [3.63, 3.8) is 0 Å². The van der Waals surface area contributed by atoms with Gasteiger partial charge in [-0.15, -0.1) is 0 Å². The first-order chi connectivity index (χ1) is 10.2. The van der Waals surface area contributed by atoms with E-state index < -0.39 is 12.1 Å². The van der Waals surface area contributed by atoms with E-state index >= 15 is 0 Å². The number of carboxylic acids is 1. The van der Waals surface area contributed by atoms with Crippen LogP contribution in [0.4, 0.5) is 0 Å². The van der Waals surface area contributed by atoms with Crippen LogP contribution in [0, 0.1) is 11.8 Å². The second-order valence-corrected chi connectivity index (χ2v) is 5.40. The van der Waals surface area contributed by atoms with Crippen molar-refractivity contribution in [1.82, 2.24) is 0 Å². The van der Waals surface area contributed by atoms with E-state index in [1.807, 2.05) is 0 Å². The van der Waals surface area contributed by atoms with Gasteiger partial charge in [0.05, 0.1) is 6.10 Å². The van der Waals surface area contributed by atoms with Gasteiger partial charge in [0.1, 0.15) is 0 Å². The zero-order valence-corrected chi connectivity index (χ0v) is 13.3. The molecule has 3 heteroatoms. The van der Waals surface area contributed by atoms with Crippen LogP contribution in [-0.2, 0) is 4.79 Å². The molecule has 0 aliphatic carbocycles. The fourth-order valence-corrected chi connectivity index (χ4v) is 2.01. The Balaban J connectivity index is 3.44. The van der Waals surface area contributed by atoms with E-state index in [4.69, 9.17) is 5.11 Å². The molecule has 0 saturated heterocycles. The largest absolute Gasteiger partial charge is 0.481 e. The summed E-state index contributed by atoms with van der Waals surface area (Å²) in [6, 6.07) is 0. The Kier molecular flexibility index (Phi) is 14.2. The van der Waals surface area contributed by atoms with Crippen LogP contribution in [0.3, 0.4) is 0 Å². The van der Waals surface area contributed by atoms with Crippen molar-refractivity contribution in [2.75, 3.05) is 0 Å². The minimum Gasteiger partial charge on any atom is -0.481 e. The second-order valence-electron chi connectivity index (χ2n) is 5.40. The molecule has 3 nitrogen and oxygen atoms in total. The number of carboxylic acid groups (broad SMARTS) is 1. The third-order valence-corrected chi connectivity index (χ3v) is 3.30. The molecule has 0 radical (unpaired) electrons. The molecule has 0 aromatic carbocycles. The highest BCUT2D eigenvalue weighted by atomic mass is 16.4. The summed E-state index contributed by atoms with van der Waals surface area (Å²) in [7, 11) is 0. The molecule has 0 aromatic rings. The fraction of sp³-hybridized carbons (Fsp3) is 0.722. The molecule has 0 amide bonds. The van der Waals surface area contributed by atoms with Crippen molar-refractivity contribution in [2.24, 2.45) is 0 Å². The molecule has 1 atom stereocenters. The van der Waals surface area contributed by atoms with Gasteiger partial charge in [-0.1, -0.05) is 57.3 Å². The number of carbonyl (C=O) groups is 1. The number of hydrogen-bond donors (Lipinski definition) is 2. The maximum Gasteiger partial charge on any atom is 0.303 e. The molecule has 0 aliphatic heterocycles. The lowest BCUT2D eigenvalue weighted by Gasteiger charge is -2.04. The molecule has 2 N–H and O–H groups in total. The average molecular weight is 294 g/mol. The van der Waals surface area contributed by atoms with E-state index in [1.165, 1.54) is 12.8 Å². The van der Waals surface area contributed by atoms with Gasteiger partial charge >= 0.3 is 5.97 Å². The summed E-state index contributed by atoms with van der Waals surface area (Å²) in [5, 5.41) is 18.2. The van der Waals surface area contributed by atoms with Gasteiger partial charge in [-0.05, 0) is 31.4 Å². The molecule has 0 unspecified atom stereocenters. The molecular formula is C18H30O3. The Morgan fingerprint density at radius 1 is 1.10 bits per heavy atom. The number of rotatable bonds is 12. The Hall–Kier alpha value is -1.27. The summed E-state index contributed by atoms with van der Waals surface area (Å²) in [5.74, 6) is 5.32. The molecular weight excluding hydrogens is 264 g/mol. The normalized spacial score (nSPS) is 12.1. The number of unbranched alkanes of at least 4 members (excludes halogenated alkanes) is 7. The molecule has 21 heavy (non-hydrogen) atoms. The molecule has 0 fully saturated rings. The fourth-order valence-electron chi connectivity index (χ4n) is 2.01. The van der Waals surface area contributed by atoms with E-state index in [9.17, 15) is 9.90 Å². The zero-order valence-electron chi connectivity index (χ0n) is 13.3. The van der Waals surface area contributed by atoms with E-state index in [0.717, 1.165) is 51.4 Å². The molecule has 0 aliphatic rings. The Labute approximate surface area is 129 Å². The first kappa shape index (κ1) is 19.7. The highest BCUT2D eigenvalue weighted by molar-refractivity contribution is 5.66. The summed E-state index contributed by atoms with van der Waals surface area (Å²) >= 11 is 0. The standard InChI is InChI=1S/C18H30O3/c1-2-3-4-5-6-8-11-14-17(19)15-12-9-7-10-13-16-18(20)21/h11,14,17,19H,2-5,7,9-10,12-13,15-16H2,1H3,(H,20,21)/b14-11+/t17-/m0/s1. The molecule has 0 bridgehead atoms. The summed E-state index contributed by atoms with van der Waals surface area (Å²) in [4.78, 5) is 10.3. The molecule has 0 spiro atoms. The maximum absolute atomic E-state index is 10.3. The van der Waals surface area contributed by atoms with Crippen LogP contribution in [0.1, 0.15) is 77.6 Å². The number of allylic oxidation sites excluding steroid dienone is 1. The van der Waals surface area contributed by atoms with Gasteiger partial charge in [0.25, 0.3) is 0 Å². The van der Waals surface area contributed by atoms with Crippen LogP contribution in [-0.4, -0.2) is 22.3 Å². The quantitative estimate of drug-likeness (QED) is 0.417. The van der Waals surface area contributed by atoms with Crippen LogP contribution in [0.25, 0.3) is 0 Å². The van der Waals surface area contributed by atoms with E-state index in [2.05, 4.69) is 18.8 Å². The predicted octanol–water partition coefficient (Wildman–Crippen LogP) is 4.30. The summed E-state index contributed by atoms with van der Waals surface area (Å²) in [5.41, 5.74) is 0. The van der Waals surface area contributed by atoms with Gasteiger partial charge in [0, 0.05) is 12.8 Å². The third-order valence-electron chi connectivity index (χ3n) is 3.30.